The van der Waals surface area contributed by atoms with E-state index in [9.17, 15) is 19.5 Å². The number of hydrogen-bond acceptors (Lipinski definition) is 4. The van der Waals surface area contributed by atoms with E-state index in [2.05, 4.69) is 22.8 Å². The number of fused-ring (bicyclic) bond motifs is 3. The molecular weight excluding hydrogens is 444 g/mol. The molecule has 3 aromatic rings. The molecule has 3 aromatic carbocycles. The van der Waals surface area contributed by atoms with Gasteiger partial charge in [-0.25, -0.2) is 9.59 Å². The lowest BCUT2D eigenvalue weighted by Crippen LogP contribution is -2.47. The van der Waals surface area contributed by atoms with Crippen molar-refractivity contribution in [3.05, 3.63) is 95.1 Å². The van der Waals surface area contributed by atoms with Crippen molar-refractivity contribution in [1.82, 2.24) is 10.6 Å². The maximum absolute atomic E-state index is 13.0. The lowest BCUT2D eigenvalue weighted by molar-refractivity contribution is -0.142. The van der Waals surface area contributed by atoms with Gasteiger partial charge in [0.1, 0.15) is 18.7 Å². The number of aliphatic carboxylic acids is 1. The summed E-state index contributed by atoms with van der Waals surface area (Å²) < 4.78 is 5.60. The normalized spacial score (nSPS) is 13.8. The van der Waals surface area contributed by atoms with Crippen LogP contribution in [0.4, 0.5) is 4.79 Å². The third kappa shape index (κ3) is 5.19. The highest BCUT2D eigenvalue weighted by atomic mass is 16.5. The van der Waals surface area contributed by atoms with Gasteiger partial charge in [0.25, 0.3) is 0 Å². The topological polar surface area (TPSA) is 105 Å². The predicted molar refractivity (Wildman–Crippen MR) is 132 cm³/mol. The number of rotatable bonds is 8. The Labute approximate surface area is 204 Å². The fourth-order valence-corrected chi connectivity index (χ4v) is 4.41. The number of aryl methyl sites for hydroxylation is 1. The minimum atomic E-state index is -1.13. The van der Waals surface area contributed by atoms with Crippen molar-refractivity contribution in [3.8, 4) is 11.1 Å². The predicted octanol–water partition coefficient (Wildman–Crippen LogP) is 4.55. The fraction of sp³-hybridized carbons (Fsp3) is 0.250. The molecule has 180 valence electrons. The third-order valence-corrected chi connectivity index (χ3v) is 6.30. The largest absolute Gasteiger partial charge is 0.480 e. The average molecular weight is 473 g/mol. The Kier molecular flexibility index (Phi) is 7.15. The summed E-state index contributed by atoms with van der Waals surface area (Å²) in [5.74, 6) is -1.86. The summed E-state index contributed by atoms with van der Waals surface area (Å²) in [6, 6.07) is 21.0. The molecule has 0 fully saturated rings. The SMILES string of the molecule is CCC(NC(=O)C(NC(=O)OCC1c2ccccc2-c2ccccc21)c1ccc(C)cc1)C(=O)O. The lowest BCUT2D eigenvalue weighted by atomic mass is 9.98. The van der Waals surface area contributed by atoms with Crippen molar-refractivity contribution in [3.63, 3.8) is 0 Å². The summed E-state index contributed by atoms with van der Waals surface area (Å²) in [4.78, 5) is 37.2. The van der Waals surface area contributed by atoms with Gasteiger partial charge >= 0.3 is 12.1 Å². The van der Waals surface area contributed by atoms with E-state index in [0.717, 1.165) is 27.8 Å². The lowest BCUT2D eigenvalue weighted by Gasteiger charge is -2.22. The molecule has 7 nitrogen and oxygen atoms in total. The van der Waals surface area contributed by atoms with E-state index in [1.807, 2.05) is 55.5 Å². The Morgan fingerprint density at radius 3 is 2.00 bits per heavy atom. The highest BCUT2D eigenvalue weighted by Crippen LogP contribution is 2.44. The Hall–Kier alpha value is -4.13. The summed E-state index contributed by atoms with van der Waals surface area (Å²) in [6.07, 6.45) is -0.539. The summed E-state index contributed by atoms with van der Waals surface area (Å²) in [6.45, 7) is 3.68. The van der Waals surface area contributed by atoms with Gasteiger partial charge in [0.05, 0.1) is 0 Å². The number of alkyl carbamates (subject to hydrolysis) is 1. The molecule has 4 rings (SSSR count). The number of benzene rings is 3. The van der Waals surface area contributed by atoms with Crippen LogP contribution in [-0.2, 0) is 14.3 Å². The maximum Gasteiger partial charge on any atom is 0.408 e. The smallest absolute Gasteiger partial charge is 0.408 e. The van der Waals surface area contributed by atoms with Crippen molar-refractivity contribution < 1.29 is 24.2 Å². The van der Waals surface area contributed by atoms with Gasteiger partial charge in [0, 0.05) is 5.92 Å². The molecule has 2 unspecified atom stereocenters. The Bertz CT molecular complexity index is 1190. The molecule has 0 aromatic heterocycles. The van der Waals surface area contributed by atoms with Crippen molar-refractivity contribution in [1.29, 1.82) is 0 Å². The third-order valence-electron chi connectivity index (χ3n) is 6.30. The average Bonchev–Trinajstić information content (AvgIpc) is 3.18. The molecule has 0 saturated carbocycles. The molecule has 0 bridgehead atoms. The molecule has 35 heavy (non-hydrogen) atoms. The van der Waals surface area contributed by atoms with Crippen molar-refractivity contribution >= 4 is 18.0 Å². The fourth-order valence-electron chi connectivity index (χ4n) is 4.41. The molecule has 2 atom stereocenters. The molecule has 1 aliphatic carbocycles. The zero-order valence-electron chi connectivity index (χ0n) is 19.7. The zero-order valence-corrected chi connectivity index (χ0v) is 19.7. The molecule has 0 saturated heterocycles. The number of carboxylic acids is 1. The first-order valence-electron chi connectivity index (χ1n) is 11.6. The van der Waals surface area contributed by atoms with Crippen LogP contribution in [0.15, 0.2) is 72.8 Å². The van der Waals surface area contributed by atoms with Crippen LogP contribution in [-0.4, -0.2) is 35.7 Å². The van der Waals surface area contributed by atoms with Crippen LogP contribution >= 0.6 is 0 Å². The first kappa shape index (κ1) is 24.0. The highest BCUT2D eigenvalue weighted by Gasteiger charge is 2.31. The second-order valence-corrected chi connectivity index (χ2v) is 8.62. The van der Waals surface area contributed by atoms with Crippen LogP contribution in [0.5, 0.6) is 0 Å². The van der Waals surface area contributed by atoms with Crippen LogP contribution in [0, 0.1) is 6.92 Å². The second-order valence-electron chi connectivity index (χ2n) is 8.62. The summed E-state index contributed by atoms with van der Waals surface area (Å²) in [5, 5.41) is 14.5. The molecule has 3 N–H and O–H groups in total. The number of hydrogen-bond donors (Lipinski definition) is 3. The van der Waals surface area contributed by atoms with E-state index in [-0.39, 0.29) is 18.9 Å². The molecule has 0 heterocycles. The Morgan fingerprint density at radius 2 is 1.46 bits per heavy atom. The molecular formula is C28H28N2O5. The van der Waals surface area contributed by atoms with E-state index >= 15 is 0 Å². The number of nitrogens with one attached hydrogen (secondary N) is 2. The maximum atomic E-state index is 13.0. The van der Waals surface area contributed by atoms with E-state index in [4.69, 9.17) is 4.74 Å². The van der Waals surface area contributed by atoms with Gasteiger partial charge in [-0.2, -0.15) is 0 Å². The van der Waals surface area contributed by atoms with Gasteiger partial charge in [-0.1, -0.05) is 85.3 Å². The molecule has 1 aliphatic rings. The molecule has 0 radical (unpaired) electrons. The monoisotopic (exact) mass is 472 g/mol. The van der Waals surface area contributed by atoms with Crippen molar-refractivity contribution in [2.45, 2.75) is 38.3 Å². The number of ether oxygens (including phenoxy) is 1. The van der Waals surface area contributed by atoms with Crippen LogP contribution in [0.25, 0.3) is 11.1 Å². The molecule has 0 spiro atoms. The molecule has 0 aliphatic heterocycles. The van der Waals surface area contributed by atoms with Gasteiger partial charge < -0.3 is 20.5 Å². The summed E-state index contributed by atoms with van der Waals surface area (Å²) >= 11 is 0. The highest BCUT2D eigenvalue weighted by molar-refractivity contribution is 5.90. The first-order chi connectivity index (χ1) is 16.9. The number of carbonyl (C=O) groups excluding carboxylic acids is 2. The van der Waals surface area contributed by atoms with Gasteiger partial charge in [-0.05, 0) is 41.2 Å². The van der Waals surface area contributed by atoms with Crippen LogP contribution < -0.4 is 10.6 Å². The standard InChI is InChI=1S/C28H28N2O5/c1-3-24(27(32)33)29-26(31)25(18-14-12-17(2)13-15-18)30-28(34)35-16-23-21-10-6-4-8-19(21)20-9-5-7-11-22(20)23/h4-15,23-25H,3,16H2,1-2H3,(H,29,31)(H,30,34)(H,32,33). The van der Waals surface area contributed by atoms with Gasteiger partial charge in [-0.3, -0.25) is 4.79 Å². The first-order valence-corrected chi connectivity index (χ1v) is 11.6. The summed E-state index contributed by atoms with van der Waals surface area (Å²) in [7, 11) is 0. The number of amides is 2. The van der Waals surface area contributed by atoms with Gasteiger partial charge in [0.2, 0.25) is 5.91 Å². The van der Waals surface area contributed by atoms with Crippen LogP contribution in [0.1, 0.15) is 47.6 Å². The molecule has 2 amide bonds. The zero-order chi connectivity index (χ0) is 24.9. The quantitative estimate of drug-likeness (QED) is 0.446. The van der Waals surface area contributed by atoms with Gasteiger partial charge in [-0.15, -0.1) is 0 Å². The van der Waals surface area contributed by atoms with Crippen molar-refractivity contribution in [2.24, 2.45) is 0 Å². The Balaban J connectivity index is 1.50. The van der Waals surface area contributed by atoms with Crippen LogP contribution in [0.2, 0.25) is 0 Å². The van der Waals surface area contributed by atoms with E-state index in [1.165, 1.54) is 0 Å². The van der Waals surface area contributed by atoms with E-state index in [0.29, 0.717) is 5.56 Å². The van der Waals surface area contributed by atoms with Crippen molar-refractivity contribution in [2.75, 3.05) is 6.61 Å². The van der Waals surface area contributed by atoms with Crippen LogP contribution in [0.3, 0.4) is 0 Å². The number of carbonyl (C=O) groups is 3. The Morgan fingerprint density at radius 1 is 0.886 bits per heavy atom. The minimum Gasteiger partial charge on any atom is -0.480 e. The van der Waals surface area contributed by atoms with E-state index in [1.54, 1.807) is 19.1 Å². The summed E-state index contributed by atoms with van der Waals surface area (Å²) in [5.41, 5.74) is 5.93. The number of carboxylic acid groups (broad SMARTS) is 1. The van der Waals surface area contributed by atoms with Gasteiger partial charge in [0.15, 0.2) is 0 Å². The van der Waals surface area contributed by atoms with E-state index < -0.39 is 30.1 Å². The minimum absolute atomic E-state index is 0.106. The molecule has 7 heteroatoms. The second kappa shape index (κ2) is 10.4.